The quantitative estimate of drug-likeness (QED) is 0.293. The van der Waals surface area contributed by atoms with E-state index in [2.05, 4.69) is 23.5 Å². The molecule has 0 bridgehead atoms. The fourth-order valence-corrected chi connectivity index (χ4v) is 1.68. The Bertz CT molecular complexity index is 101. The lowest BCUT2D eigenvalue weighted by molar-refractivity contribution is 0.238. The van der Waals surface area contributed by atoms with Crippen LogP contribution in [0.1, 0.15) is 6.92 Å². The van der Waals surface area contributed by atoms with E-state index in [9.17, 15) is 0 Å². The van der Waals surface area contributed by atoms with Gasteiger partial charge in [-0.15, -0.1) is 11.7 Å². The van der Waals surface area contributed by atoms with Crippen molar-refractivity contribution in [3.05, 3.63) is 0 Å². The van der Waals surface area contributed by atoms with Crippen molar-refractivity contribution in [3.63, 3.8) is 0 Å². The fraction of sp³-hybridized carbons (Fsp3) is 1.00. The molecule has 0 radical (unpaired) electrons. The van der Waals surface area contributed by atoms with Crippen LogP contribution in [-0.4, -0.2) is 30.2 Å². The maximum atomic E-state index is 5.21. The van der Waals surface area contributed by atoms with Crippen molar-refractivity contribution in [2.24, 2.45) is 0 Å². The van der Waals surface area contributed by atoms with Crippen molar-refractivity contribution < 1.29 is 4.74 Å². The Kier molecular flexibility index (Phi) is 2.70. The summed E-state index contributed by atoms with van der Waals surface area (Å²) in [6.45, 7) is 2.07. The van der Waals surface area contributed by atoms with E-state index in [1.165, 1.54) is 10.8 Å². The Balaban J connectivity index is 2.11. The summed E-state index contributed by atoms with van der Waals surface area (Å²) in [6.07, 6.45) is 0.778. The van der Waals surface area contributed by atoms with Crippen LogP contribution in [0.5, 0.6) is 0 Å². The Morgan fingerprint density at radius 1 is 1.78 bits per heavy atom. The molecule has 0 N–H and O–H groups in total. The van der Waals surface area contributed by atoms with Crippen molar-refractivity contribution in [3.8, 4) is 0 Å². The number of thiol groups is 1. The third-order valence-electron chi connectivity index (χ3n) is 1.37. The van der Waals surface area contributed by atoms with Crippen LogP contribution in [0, 0.1) is 0 Å². The zero-order chi connectivity index (χ0) is 6.85. The van der Waals surface area contributed by atoms with Crippen LogP contribution >= 0.6 is 22.5 Å². The molecular formula is C5H11NOS2. The molecule has 1 fully saturated rings. The summed E-state index contributed by atoms with van der Waals surface area (Å²) < 4.78 is 5.21. The second kappa shape index (κ2) is 3.14. The second-order valence-corrected chi connectivity index (χ2v) is 3.54. The topological polar surface area (TPSA) is 15.8 Å². The van der Waals surface area contributed by atoms with Crippen LogP contribution in [0.4, 0.5) is 0 Å². The van der Waals surface area contributed by atoms with Gasteiger partial charge < -0.3 is 4.74 Å². The SMILES string of the molecule is CC1OC1N(C)CSS. The number of hydrogen-bond donors (Lipinski definition) is 1. The van der Waals surface area contributed by atoms with Crippen LogP contribution < -0.4 is 0 Å². The molecule has 1 rings (SSSR count). The molecule has 1 saturated heterocycles. The minimum absolute atomic E-state index is 0.352. The molecule has 2 atom stereocenters. The molecule has 2 nitrogen and oxygen atoms in total. The van der Waals surface area contributed by atoms with Crippen molar-refractivity contribution in [2.75, 3.05) is 12.9 Å². The molecule has 4 heteroatoms. The average molecular weight is 165 g/mol. The second-order valence-electron chi connectivity index (χ2n) is 2.25. The van der Waals surface area contributed by atoms with Gasteiger partial charge in [-0.05, 0) is 14.0 Å². The van der Waals surface area contributed by atoms with Gasteiger partial charge in [-0.3, -0.25) is 4.90 Å². The lowest BCUT2D eigenvalue weighted by Crippen LogP contribution is -2.21. The Hall–Kier alpha value is 0.620. The van der Waals surface area contributed by atoms with Crippen LogP contribution in [0.2, 0.25) is 0 Å². The summed E-state index contributed by atoms with van der Waals surface area (Å²) in [5.74, 6) is 0.929. The lowest BCUT2D eigenvalue weighted by Gasteiger charge is -2.09. The predicted octanol–water partition coefficient (Wildman–Crippen LogP) is 1.20. The molecule has 0 amide bonds. The van der Waals surface area contributed by atoms with E-state index in [0.29, 0.717) is 12.3 Å². The zero-order valence-corrected chi connectivity index (χ0v) is 7.28. The molecule has 0 saturated carbocycles. The lowest BCUT2D eigenvalue weighted by atomic mass is 10.5. The molecule has 9 heavy (non-hydrogen) atoms. The maximum absolute atomic E-state index is 5.21. The molecule has 0 aromatic carbocycles. The summed E-state index contributed by atoms with van der Waals surface area (Å²) in [5.41, 5.74) is 0. The van der Waals surface area contributed by atoms with Crippen LogP contribution in [-0.2, 0) is 4.74 Å². The normalized spacial score (nSPS) is 33.3. The molecule has 0 aromatic heterocycles. The van der Waals surface area contributed by atoms with Gasteiger partial charge in [0.2, 0.25) is 0 Å². The average Bonchev–Trinajstić information content (AvgIpc) is 2.47. The zero-order valence-electron chi connectivity index (χ0n) is 5.57. The summed E-state index contributed by atoms with van der Waals surface area (Å²) in [4.78, 5) is 2.14. The molecule has 1 heterocycles. The highest BCUT2D eigenvalue weighted by Crippen LogP contribution is 2.25. The van der Waals surface area contributed by atoms with E-state index in [-0.39, 0.29) is 0 Å². The highest BCUT2D eigenvalue weighted by molar-refractivity contribution is 8.68. The van der Waals surface area contributed by atoms with Crippen LogP contribution in [0.25, 0.3) is 0 Å². The van der Waals surface area contributed by atoms with Gasteiger partial charge in [-0.25, -0.2) is 0 Å². The smallest absolute Gasteiger partial charge is 0.137 e. The molecule has 0 aromatic rings. The Labute approximate surface area is 64.7 Å². The molecule has 1 aliphatic heterocycles. The first-order chi connectivity index (χ1) is 4.25. The van der Waals surface area contributed by atoms with Gasteiger partial charge in [0.25, 0.3) is 0 Å². The van der Waals surface area contributed by atoms with Gasteiger partial charge in [0.05, 0.1) is 12.0 Å². The first-order valence-corrected chi connectivity index (χ1v) is 4.91. The monoisotopic (exact) mass is 165 g/mol. The number of ether oxygens (including phenoxy) is 1. The van der Waals surface area contributed by atoms with E-state index >= 15 is 0 Å². The molecule has 1 aliphatic rings. The standard InChI is InChI=1S/C5H11NOS2/c1-4-5(7-4)6(2)3-9-8/h4-5,8H,3H2,1-2H3. The largest absolute Gasteiger partial charge is 0.353 e. The van der Waals surface area contributed by atoms with E-state index in [1.54, 1.807) is 0 Å². The number of hydrogen-bond acceptors (Lipinski definition) is 4. The molecule has 54 valence electrons. The van der Waals surface area contributed by atoms with Gasteiger partial charge in [0, 0.05) is 0 Å². The first kappa shape index (κ1) is 7.72. The molecule has 0 aliphatic carbocycles. The van der Waals surface area contributed by atoms with Crippen LogP contribution in [0.15, 0.2) is 0 Å². The Morgan fingerprint density at radius 2 is 2.33 bits per heavy atom. The third kappa shape index (κ3) is 2.04. The van der Waals surface area contributed by atoms with Crippen LogP contribution in [0.3, 0.4) is 0 Å². The highest BCUT2D eigenvalue weighted by atomic mass is 33.1. The van der Waals surface area contributed by atoms with Gasteiger partial charge in [-0.1, -0.05) is 10.8 Å². The third-order valence-corrected chi connectivity index (χ3v) is 2.24. The van der Waals surface area contributed by atoms with E-state index in [0.717, 1.165) is 5.88 Å². The summed E-state index contributed by atoms with van der Waals surface area (Å²) in [6, 6.07) is 0. The highest BCUT2D eigenvalue weighted by Gasteiger charge is 2.37. The summed E-state index contributed by atoms with van der Waals surface area (Å²) in [5, 5.41) is 0. The fourth-order valence-electron chi connectivity index (χ4n) is 0.801. The maximum Gasteiger partial charge on any atom is 0.137 e. The first-order valence-electron chi connectivity index (χ1n) is 2.87. The van der Waals surface area contributed by atoms with Gasteiger partial charge in [0.1, 0.15) is 6.23 Å². The van der Waals surface area contributed by atoms with Crippen molar-refractivity contribution in [1.29, 1.82) is 0 Å². The van der Waals surface area contributed by atoms with E-state index in [1.807, 2.05) is 7.05 Å². The minimum Gasteiger partial charge on any atom is -0.353 e. The number of likely N-dealkylation sites (N-methyl/N-ethyl adjacent to an activating group) is 1. The van der Waals surface area contributed by atoms with Crippen molar-refractivity contribution in [1.82, 2.24) is 4.90 Å². The van der Waals surface area contributed by atoms with Gasteiger partial charge >= 0.3 is 0 Å². The van der Waals surface area contributed by atoms with Crippen molar-refractivity contribution in [2.45, 2.75) is 19.3 Å². The predicted molar refractivity (Wildman–Crippen MR) is 43.5 cm³/mol. The molecule has 2 unspecified atom stereocenters. The van der Waals surface area contributed by atoms with E-state index < -0.39 is 0 Å². The summed E-state index contributed by atoms with van der Waals surface area (Å²) in [7, 11) is 3.56. The minimum atomic E-state index is 0.352. The Morgan fingerprint density at radius 3 is 2.67 bits per heavy atom. The van der Waals surface area contributed by atoms with Gasteiger partial charge in [-0.2, -0.15) is 0 Å². The summed E-state index contributed by atoms with van der Waals surface area (Å²) >= 11 is 4.03. The van der Waals surface area contributed by atoms with E-state index in [4.69, 9.17) is 4.74 Å². The molecule has 0 spiro atoms. The number of nitrogens with zero attached hydrogens (tertiary/aromatic N) is 1. The number of rotatable bonds is 3. The van der Waals surface area contributed by atoms with Gasteiger partial charge in [0.15, 0.2) is 0 Å². The molecular weight excluding hydrogens is 154 g/mol. The van der Waals surface area contributed by atoms with Crippen molar-refractivity contribution >= 4 is 22.5 Å². The number of epoxide rings is 1.